The standard InChI is InChI=1S/C23H28N2O3/c1-13(2)10-17-20(23(17,3)4)21(26)25-9-8-19-16(12-25)15-11-14(22(27)28-5)6-7-18(15)24-19/h6-7,10-11,17,20,24H,8-9,12H2,1-5H3/t17-,20-/m1/s1. The summed E-state index contributed by atoms with van der Waals surface area (Å²) in [6, 6.07) is 5.56. The van der Waals surface area contributed by atoms with Crippen LogP contribution in [0, 0.1) is 17.3 Å². The summed E-state index contributed by atoms with van der Waals surface area (Å²) in [4.78, 5) is 30.6. The van der Waals surface area contributed by atoms with Crippen molar-refractivity contribution >= 4 is 22.8 Å². The van der Waals surface area contributed by atoms with Crippen LogP contribution >= 0.6 is 0 Å². The summed E-state index contributed by atoms with van der Waals surface area (Å²) in [5.74, 6) is 0.279. The van der Waals surface area contributed by atoms with Gasteiger partial charge in [-0.2, -0.15) is 0 Å². The second-order valence-electron chi connectivity index (χ2n) is 8.91. The summed E-state index contributed by atoms with van der Waals surface area (Å²) in [5.41, 5.74) is 5.11. The number of allylic oxidation sites excluding steroid dienone is 2. The van der Waals surface area contributed by atoms with E-state index in [2.05, 4.69) is 38.8 Å². The van der Waals surface area contributed by atoms with Gasteiger partial charge in [-0.3, -0.25) is 4.79 Å². The monoisotopic (exact) mass is 380 g/mol. The highest BCUT2D eigenvalue weighted by molar-refractivity contribution is 5.96. The second kappa shape index (κ2) is 6.50. The van der Waals surface area contributed by atoms with E-state index < -0.39 is 0 Å². The number of hydrogen-bond donors (Lipinski definition) is 1. The molecule has 148 valence electrons. The van der Waals surface area contributed by atoms with Crippen LogP contribution < -0.4 is 0 Å². The first-order chi connectivity index (χ1) is 13.2. The normalized spacial score (nSPS) is 22.5. The Bertz CT molecular complexity index is 995. The highest BCUT2D eigenvalue weighted by Gasteiger charge is 2.61. The summed E-state index contributed by atoms with van der Waals surface area (Å²) in [6.07, 6.45) is 3.05. The largest absolute Gasteiger partial charge is 0.465 e. The quantitative estimate of drug-likeness (QED) is 0.645. The zero-order chi connectivity index (χ0) is 20.2. The van der Waals surface area contributed by atoms with E-state index in [1.54, 1.807) is 6.07 Å². The van der Waals surface area contributed by atoms with Gasteiger partial charge in [-0.15, -0.1) is 0 Å². The second-order valence-corrected chi connectivity index (χ2v) is 8.91. The van der Waals surface area contributed by atoms with Gasteiger partial charge < -0.3 is 14.6 Å². The van der Waals surface area contributed by atoms with Gasteiger partial charge in [-0.25, -0.2) is 4.79 Å². The van der Waals surface area contributed by atoms with E-state index in [0.29, 0.717) is 18.0 Å². The van der Waals surface area contributed by atoms with E-state index in [1.165, 1.54) is 12.7 Å². The zero-order valence-electron chi connectivity index (χ0n) is 17.3. The molecule has 0 bridgehead atoms. The molecule has 28 heavy (non-hydrogen) atoms. The molecular weight excluding hydrogens is 352 g/mol. The third-order valence-corrected chi connectivity index (χ3v) is 6.40. The van der Waals surface area contributed by atoms with Gasteiger partial charge in [0.05, 0.1) is 18.6 Å². The average Bonchev–Trinajstić information content (AvgIpc) is 3.01. The molecule has 0 spiro atoms. The van der Waals surface area contributed by atoms with E-state index in [-0.39, 0.29) is 23.2 Å². The van der Waals surface area contributed by atoms with Gasteiger partial charge in [0, 0.05) is 41.7 Å². The molecule has 1 amide bonds. The number of rotatable bonds is 3. The molecule has 2 heterocycles. The van der Waals surface area contributed by atoms with Crippen molar-refractivity contribution in [1.29, 1.82) is 0 Å². The number of H-pyrrole nitrogens is 1. The van der Waals surface area contributed by atoms with Crippen molar-refractivity contribution in [2.75, 3.05) is 13.7 Å². The molecule has 5 nitrogen and oxygen atoms in total. The number of carbonyl (C=O) groups excluding carboxylic acids is 2. The van der Waals surface area contributed by atoms with Gasteiger partial charge in [-0.05, 0) is 43.4 Å². The van der Waals surface area contributed by atoms with Crippen LogP contribution in [0.4, 0.5) is 0 Å². The van der Waals surface area contributed by atoms with Crippen molar-refractivity contribution in [1.82, 2.24) is 9.88 Å². The van der Waals surface area contributed by atoms with Crippen molar-refractivity contribution in [2.24, 2.45) is 17.3 Å². The Kier molecular flexibility index (Phi) is 4.36. The van der Waals surface area contributed by atoms with Crippen molar-refractivity contribution in [3.8, 4) is 0 Å². The molecule has 2 aromatic rings. The molecule has 0 radical (unpaired) electrons. The minimum Gasteiger partial charge on any atom is -0.465 e. The van der Waals surface area contributed by atoms with Gasteiger partial charge in [0.1, 0.15) is 0 Å². The van der Waals surface area contributed by atoms with E-state index in [4.69, 9.17) is 4.74 Å². The third kappa shape index (κ3) is 2.93. The van der Waals surface area contributed by atoms with Crippen molar-refractivity contribution < 1.29 is 14.3 Å². The number of fused-ring (bicyclic) bond motifs is 3. The van der Waals surface area contributed by atoms with Crippen molar-refractivity contribution in [3.05, 3.63) is 46.7 Å². The van der Waals surface area contributed by atoms with E-state index >= 15 is 0 Å². The van der Waals surface area contributed by atoms with Gasteiger partial charge in [0.25, 0.3) is 0 Å². The molecule has 4 rings (SSSR count). The van der Waals surface area contributed by atoms with Gasteiger partial charge in [-0.1, -0.05) is 25.5 Å². The Labute approximate surface area is 165 Å². The van der Waals surface area contributed by atoms with Crippen molar-refractivity contribution in [2.45, 2.75) is 40.7 Å². The summed E-state index contributed by atoms with van der Waals surface area (Å²) >= 11 is 0. The molecule has 5 heteroatoms. The van der Waals surface area contributed by atoms with Crippen LogP contribution in [0.2, 0.25) is 0 Å². The van der Waals surface area contributed by atoms with Crippen LogP contribution in [0.1, 0.15) is 49.3 Å². The number of hydrogen-bond acceptors (Lipinski definition) is 3. The molecule has 2 atom stereocenters. The predicted molar refractivity (Wildman–Crippen MR) is 109 cm³/mol. The molecule has 2 aliphatic rings. The molecular formula is C23H28N2O3. The molecule has 1 N–H and O–H groups in total. The Balaban J connectivity index is 1.61. The van der Waals surface area contributed by atoms with Crippen LogP contribution in [0.15, 0.2) is 29.8 Å². The minimum absolute atomic E-state index is 0.0207. The fourth-order valence-electron chi connectivity index (χ4n) is 4.66. The Morgan fingerprint density at radius 1 is 1.29 bits per heavy atom. The molecule has 1 aromatic carbocycles. The predicted octanol–water partition coefficient (Wildman–Crippen LogP) is 4.08. The highest BCUT2D eigenvalue weighted by atomic mass is 16.5. The number of nitrogens with zero attached hydrogens (tertiary/aromatic N) is 1. The number of amides is 1. The lowest BCUT2D eigenvalue weighted by atomic mass is 10.0. The maximum atomic E-state index is 13.3. The number of carbonyl (C=O) groups is 2. The first-order valence-electron chi connectivity index (χ1n) is 9.89. The first kappa shape index (κ1) is 18.8. The van der Waals surface area contributed by atoms with E-state index in [0.717, 1.165) is 35.1 Å². The van der Waals surface area contributed by atoms with Gasteiger partial charge in [0.2, 0.25) is 5.91 Å². The number of aromatic amines is 1. The molecule has 1 fully saturated rings. The minimum atomic E-state index is -0.343. The van der Waals surface area contributed by atoms with Gasteiger partial charge >= 0.3 is 5.97 Å². The number of methoxy groups -OCH3 is 1. The highest BCUT2D eigenvalue weighted by Crippen LogP contribution is 2.60. The van der Waals surface area contributed by atoms with Crippen LogP contribution in [0.5, 0.6) is 0 Å². The molecule has 1 saturated carbocycles. The summed E-state index contributed by atoms with van der Waals surface area (Å²) in [5, 5.41) is 1.01. The Morgan fingerprint density at radius 3 is 2.71 bits per heavy atom. The third-order valence-electron chi connectivity index (χ3n) is 6.40. The number of aromatic nitrogens is 1. The zero-order valence-corrected chi connectivity index (χ0v) is 17.3. The van der Waals surface area contributed by atoms with E-state index in [9.17, 15) is 9.59 Å². The van der Waals surface area contributed by atoms with Crippen LogP contribution in [-0.2, 0) is 22.5 Å². The number of esters is 1. The molecule has 0 unspecified atom stereocenters. The fraction of sp³-hybridized carbons (Fsp3) is 0.478. The lowest BCUT2D eigenvalue weighted by Crippen LogP contribution is -2.37. The number of ether oxygens (including phenoxy) is 1. The van der Waals surface area contributed by atoms with Crippen LogP contribution in [-0.4, -0.2) is 35.4 Å². The Morgan fingerprint density at radius 2 is 2.04 bits per heavy atom. The Hall–Kier alpha value is -2.56. The smallest absolute Gasteiger partial charge is 0.337 e. The maximum Gasteiger partial charge on any atom is 0.337 e. The fourth-order valence-corrected chi connectivity index (χ4v) is 4.66. The number of benzene rings is 1. The lowest BCUT2D eigenvalue weighted by molar-refractivity contribution is -0.134. The summed E-state index contributed by atoms with van der Waals surface area (Å²) in [7, 11) is 1.39. The maximum absolute atomic E-state index is 13.3. The molecule has 0 saturated heterocycles. The first-order valence-corrected chi connectivity index (χ1v) is 9.89. The SMILES string of the molecule is COC(=O)c1ccc2[nH]c3c(c2c1)CN(C(=O)[C@H]1[C@@H](C=C(C)C)C1(C)C)CC3. The molecule has 1 aliphatic heterocycles. The van der Waals surface area contributed by atoms with Crippen LogP contribution in [0.25, 0.3) is 10.9 Å². The molecule has 1 aromatic heterocycles. The van der Waals surface area contributed by atoms with E-state index in [1.807, 2.05) is 17.0 Å². The molecule has 1 aliphatic carbocycles. The van der Waals surface area contributed by atoms with Crippen molar-refractivity contribution in [3.63, 3.8) is 0 Å². The number of nitrogens with one attached hydrogen (secondary N) is 1. The lowest BCUT2D eigenvalue weighted by Gasteiger charge is -2.28. The summed E-state index contributed by atoms with van der Waals surface area (Å²) < 4.78 is 4.85. The van der Waals surface area contributed by atoms with Gasteiger partial charge in [0.15, 0.2) is 0 Å². The topological polar surface area (TPSA) is 62.4 Å². The summed E-state index contributed by atoms with van der Waals surface area (Å²) in [6.45, 7) is 9.87. The van der Waals surface area contributed by atoms with Crippen LogP contribution in [0.3, 0.4) is 0 Å². The average molecular weight is 380 g/mol.